The maximum atomic E-state index is 5.54. The van der Waals surface area contributed by atoms with E-state index in [4.69, 9.17) is 26.2 Å². The number of methoxy groups -OCH3 is 2. The van der Waals surface area contributed by atoms with E-state index in [9.17, 15) is 0 Å². The molecule has 1 unspecified atom stereocenters. The van der Waals surface area contributed by atoms with E-state index in [0.29, 0.717) is 33.9 Å². The Bertz CT molecular complexity index is 693. The highest BCUT2D eigenvalue weighted by molar-refractivity contribution is 7.81. The molecule has 5 nitrogen and oxygen atoms in total. The molecule has 1 aromatic heterocycles. The number of unbranched alkanes of at least 4 members (excludes halogenated alkanes) is 2. The molecule has 0 fully saturated rings. The lowest BCUT2D eigenvalue weighted by molar-refractivity contribution is 0.393. The Labute approximate surface area is 161 Å². The smallest absolute Gasteiger partial charge is 0.229 e. The highest BCUT2D eigenvalue weighted by atomic mass is 32.1. The van der Waals surface area contributed by atoms with Crippen molar-refractivity contribution < 1.29 is 14.0 Å². The van der Waals surface area contributed by atoms with Gasteiger partial charge in [0.15, 0.2) is 0 Å². The molecule has 0 saturated heterocycles. The zero-order valence-corrected chi connectivity index (χ0v) is 16.8. The van der Waals surface area contributed by atoms with Crippen molar-refractivity contribution >= 4 is 23.1 Å². The Balaban J connectivity index is 2.12. The van der Waals surface area contributed by atoms with Gasteiger partial charge in [0, 0.05) is 12.0 Å². The van der Waals surface area contributed by atoms with Gasteiger partial charge in [0.25, 0.3) is 0 Å². The number of aromatic nitrogens is 1. The van der Waals surface area contributed by atoms with Gasteiger partial charge < -0.3 is 19.3 Å². The minimum atomic E-state index is 0.412. The van der Waals surface area contributed by atoms with Crippen LogP contribution in [0.4, 0.5) is 5.88 Å². The molecule has 0 aliphatic heterocycles. The minimum Gasteiger partial charge on any atom is -0.496 e. The third-order valence-corrected chi connectivity index (χ3v) is 4.79. The van der Waals surface area contributed by atoms with E-state index in [0.717, 1.165) is 18.5 Å². The quantitative estimate of drug-likeness (QED) is 0.433. The number of nitrogens with one attached hydrogen (secondary N) is 1. The van der Waals surface area contributed by atoms with Crippen LogP contribution in [0.15, 0.2) is 28.8 Å². The van der Waals surface area contributed by atoms with Crippen molar-refractivity contribution in [2.24, 2.45) is 0 Å². The molecule has 0 spiro atoms. The van der Waals surface area contributed by atoms with E-state index in [-0.39, 0.29) is 0 Å². The average molecular weight is 377 g/mol. The van der Waals surface area contributed by atoms with Crippen molar-refractivity contribution in [3.05, 3.63) is 35.5 Å². The predicted octanol–water partition coefficient (Wildman–Crippen LogP) is 5.55. The Morgan fingerprint density at radius 3 is 2.46 bits per heavy atom. The first-order chi connectivity index (χ1) is 12.6. The summed E-state index contributed by atoms with van der Waals surface area (Å²) < 4.78 is 16.3. The summed E-state index contributed by atoms with van der Waals surface area (Å²) in [6, 6.07) is 7.49. The summed E-state index contributed by atoms with van der Waals surface area (Å²) in [5, 5.41) is 7.35. The first-order valence-corrected chi connectivity index (χ1v) is 9.54. The first kappa shape index (κ1) is 20.2. The molecule has 0 saturated carbocycles. The van der Waals surface area contributed by atoms with E-state index in [1.54, 1.807) is 14.2 Å². The van der Waals surface area contributed by atoms with Gasteiger partial charge in [-0.3, -0.25) is 0 Å². The number of nitrogens with zero attached hydrogens (tertiary/aromatic N) is 1. The molecule has 0 aliphatic carbocycles. The highest BCUT2D eigenvalue weighted by Crippen LogP contribution is 2.31. The molecule has 1 heterocycles. The Hall–Kier alpha value is -2.08. The van der Waals surface area contributed by atoms with E-state index in [1.165, 1.54) is 19.3 Å². The molecule has 142 valence electrons. The Morgan fingerprint density at radius 1 is 1.19 bits per heavy atom. The summed E-state index contributed by atoms with van der Waals surface area (Å²) in [5.74, 6) is 2.24. The standard InChI is InChI=1S/C20H28N2O3S/c1-5-7-8-10-14(6-2)15-13-18(25-22-15)21-20(26)19-16(23-3)11-9-12-17(19)24-4/h9,11-14H,5-8,10H2,1-4H3,(H,21,26). The topological polar surface area (TPSA) is 56.5 Å². The van der Waals surface area contributed by atoms with Crippen LogP contribution >= 0.6 is 12.2 Å². The maximum Gasteiger partial charge on any atom is 0.229 e. The van der Waals surface area contributed by atoms with Crippen molar-refractivity contribution in [3.63, 3.8) is 0 Å². The fourth-order valence-corrected chi connectivity index (χ4v) is 3.29. The average Bonchev–Trinajstić information content (AvgIpc) is 3.12. The molecule has 6 heteroatoms. The van der Waals surface area contributed by atoms with Crippen molar-refractivity contribution in [2.45, 2.75) is 51.9 Å². The number of hydrogen-bond donors (Lipinski definition) is 1. The first-order valence-electron chi connectivity index (χ1n) is 9.13. The molecule has 0 aliphatic rings. The second-order valence-corrected chi connectivity index (χ2v) is 6.62. The summed E-state index contributed by atoms with van der Waals surface area (Å²) in [6.07, 6.45) is 5.84. The molecule has 1 atom stereocenters. The zero-order valence-electron chi connectivity index (χ0n) is 16.0. The molecule has 0 bridgehead atoms. The molecule has 2 rings (SSSR count). The van der Waals surface area contributed by atoms with Crippen LogP contribution in [-0.2, 0) is 0 Å². The number of hydrogen-bond acceptors (Lipinski definition) is 5. The van der Waals surface area contributed by atoms with E-state index in [1.807, 2.05) is 24.3 Å². The van der Waals surface area contributed by atoms with Gasteiger partial charge >= 0.3 is 0 Å². The van der Waals surface area contributed by atoms with Gasteiger partial charge in [-0.1, -0.05) is 56.6 Å². The number of benzene rings is 1. The minimum absolute atomic E-state index is 0.412. The summed E-state index contributed by atoms with van der Waals surface area (Å²) in [4.78, 5) is 0.473. The van der Waals surface area contributed by atoms with E-state index < -0.39 is 0 Å². The third-order valence-electron chi connectivity index (χ3n) is 4.49. The second kappa shape index (κ2) is 10.2. The second-order valence-electron chi connectivity index (χ2n) is 6.21. The number of rotatable bonds is 10. The number of thiocarbonyl (C=S) groups is 1. The van der Waals surface area contributed by atoms with Crippen LogP contribution in [0.2, 0.25) is 0 Å². The summed E-state index contributed by atoms with van der Waals surface area (Å²) in [7, 11) is 3.21. The summed E-state index contributed by atoms with van der Waals surface area (Å²) in [6.45, 7) is 4.40. The molecule has 1 aromatic carbocycles. The van der Waals surface area contributed by atoms with E-state index in [2.05, 4.69) is 24.3 Å². The van der Waals surface area contributed by atoms with Gasteiger partial charge in [-0.25, -0.2) is 0 Å². The normalized spacial score (nSPS) is 11.8. The lowest BCUT2D eigenvalue weighted by atomic mass is 9.95. The van der Waals surface area contributed by atoms with Gasteiger partial charge in [-0.05, 0) is 25.0 Å². The molecule has 26 heavy (non-hydrogen) atoms. The molecule has 2 aromatic rings. The van der Waals surface area contributed by atoms with Crippen LogP contribution < -0.4 is 14.8 Å². The predicted molar refractivity (Wildman–Crippen MR) is 109 cm³/mol. The van der Waals surface area contributed by atoms with Crippen LogP contribution in [-0.4, -0.2) is 24.4 Å². The molecule has 0 radical (unpaired) electrons. The van der Waals surface area contributed by atoms with E-state index >= 15 is 0 Å². The van der Waals surface area contributed by atoms with Crippen LogP contribution in [0.3, 0.4) is 0 Å². The summed E-state index contributed by atoms with van der Waals surface area (Å²) in [5.41, 5.74) is 1.67. The number of ether oxygens (including phenoxy) is 2. The van der Waals surface area contributed by atoms with Crippen LogP contribution in [0, 0.1) is 0 Å². The van der Waals surface area contributed by atoms with Gasteiger partial charge in [0.2, 0.25) is 5.88 Å². The van der Waals surface area contributed by atoms with Crippen LogP contribution in [0.5, 0.6) is 11.5 Å². The van der Waals surface area contributed by atoms with Crippen molar-refractivity contribution in [2.75, 3.05) is 19.5 Å². The van der Waals surface area contributed by atoms with Gasteiger partial charge in [-0.2, -0.15) is 0 Å². The van der Waals surface area contributed by atoms with Gasteiger partial charge in [0.05, 0.1) is 25.5 Å². The number of anilines is 1. The molecule has 1 N–H and O–H groups in total. The lowest BCUT2D eigenvalue weighted by Gasteiger charge is -2.13. The zero-order chi connectivity index (χ0) is 18.9. The Morgan fingerprint density at radius 2 is 1.88 bits per heavy atom. The lowest BCUT2D eigenvalue weighted by Crippen LogP contribution is -2.13. The maximum absolute atomic E-state index is 5.54. The largest absolute Gasteiger partial charge is 0.496 e. The van der Waals surface area contributed by atoms with Crippen molar-refractivity contribution in [3.8, 4) is 11.5 Å². The fraction of sp³-hybridized carbons (Fsp3) is 0.500. The van der Waals surface area contributed by atoms with Gasteiger partial charge in [0.1, 0.15) is 16.5 Å². The Kier molecular flexibility index (Phi) is 7.91. The highest BCUT2D eigenvalue weighted by Gasteiger charge is 2.18. The molecule has 0 amide bonds. The molecular formula is C20H28N2O3S. The van der Waals surface area contributed by atoms with Crippen molar-refractivity contribution in [1.29, 1.82) is 0 Å². The monoisotopic (exact) mass is 376 g/mol. The molecular weight excluding hydrogens is 348 g/mol. The van der Waals surface area contributed by atoms with Crippen LogP contribution in [0.1, 0.15) is 63.1 Å². The van der Waals surface area contributed by atoms with Gasteiger partial charge in [-0.15, -0.1) is 0 Å². The third kappa shape index (κ3) is 4.97. The fourth-order valence-electron chi connectivity index (χ4n) is 2.99. The summed E-state index contributed by atoms with van der Waals surface area (Å²) >= 11 is 5.54. The van der Waals surface area contributed by atoms with Crippen molar-refractivity contribution in [1.82, 2.24) is 5.16 Å². The SMILES string of the molecule is CCCCCC(CC)c1cc(NC(=S)c2c(OC)cccc2OC)on1. The van der Waals surface area contributed by atoms with Crippen LogP contribution in [0.25, 0.3) is 0 Å².